The van der Waals surface area contributed by atoms with Crippen LogP contribution < -0.4 is 0 Å². The van der Waals surface area contributed by atoms with Gasteiger partial charge in [-0.25, -0.2) is 0 Å². The van der Waals surface area contributed by atoms with Crippen LogP contribution in [0.2, 0.25) is 5.02 Å². The highest BCUT2D eigenvalue weighted by Gasteiger charge is 2.31. The highest BCUT2D eigenvalue weighted by molar-refractivity contribution is 6.35. The highest BCUT2D eigenvalue weighted by atomic mass is 35.5. The lowest BCUT2D eigenvalue weighted by Crippen LogP contribution is -2.08. The molecule has 0 unspecified atom stereocenters. The zero-order chi connectivity index (χ0) is 14.9. The summed E-state index contributed by atoms with van der Waals surface area (Å²) in [7, 11) is 0. The molecule has 0 aliphatic heterocycles. The van der Waals surface area contributed by atoms with Crippen LogP contribution in [0.5, 0.6) is 0 Å². The van der Waals surface area contributed by atoms with Gasteiger partial charge in [-0.3, -0.25) is 4.79 Å². The van der Waals surface area contributed by atoms with E-state index in [2.05, 4.69) is 0 Å². The minimum Gasteiger partial charge on any atom is -0.289 e. The van der Waals surface area contributed by atoms with Crippen molar-refractivity contribution in [1.29, 1.82) is 0 Å². The van der Waals surface area contributed by atoms with Crippen LogP contribution in [-0.4, -0.2) is 5.78 Å². The molecule has 2 aromatic rings. The number of alkyl halides is 3. The van der Waals surface area contributed by atoms with Crippen molar-refractivity contribution in [1.82, 2.24) is 0 Å². The minimum absolute atomic E-state index is 0.0349. The van der Waals surface area contributed by atoms with Crippen LogP contribution in [0.3, 0.4) is 0 Å². The maximum absolute atomic E-state index is 12.6. The van der Waals surface area contributed by atoms with Crippen LogP contribution in [0.25, 0.3) is 0 Å². The summed E-state index contributed by atoms with van der Waals surface area (Å²) in [6, 6.07) is 9.18. The lowest BCUT2D eigenvalue weighted by Gasteiger charge is -2.09. The van der Waals surface area contributed by atoms with E-state index in [1.54, 1.807) is 19.1 Å². The summed E-state index contributed by atoms with van der Waals surface area (Å²) in [6.07, 6.45) is -4.48. The monoisotopic (exact) mass is 298 g/mol. The van der Waals surface area contributed by atoms with Gasteiger partial charge >= 0.3 is 6.18 Å². The van der Waals surface area contributed by atoms with E-state index in [-0.39, 0.29) is 16.1 Å². The molecular formula is C15H10ClF3O. The Bertz CT molecular complexity index is 662. The first-order chi connectivity index (χ1) is 9.30. The maximum atomic E-state index is 12.6. The largest absolute Gasteiger partial charge is 0.416 e. The van der Waals surface area contributed by atoms with Crippen LogP contribution in [0.1, 0.15) is 27.0 Å². The molecule has 0 saturated carbocycles. The number of hydrogen-bond donors (Lipinski definition) is 0. The van der Waals surface area contributed by atoms with Gasteiger partial charge in [0.05, 0.1) is 10.6 Å². The lowest BCUT2D eigenvalue weighted by atomic mass is 10.00. The van der Waals surface area contributed by atoms with E-state index in [4.69, 9.17) is 11.6 Å². The van der Waals surface area contributed by atoms with Crippen molar-refractivity contribution in [2.75, 3.05) is 0 Å². The van der Waals surface area contributed by atoms with Gasteiger partial charge in [-0.05, 0) is 30.7 Å². The Morgan fingerprint density at radius 2 is 1.75 bits per heavy atom. The third-order valence-corrected chi connectivity index (χ3v) is 3.39. The molecule has 5 heteroatoms. The highest BCUT2D eigenvalue weighted by Crippen LogP contribution is 2.30. The fourth-order valence-electron chi connectivity index (χ4n) is 1.82. The third-order valence-electron chi connectivity index (χ3n) is 2.89. The van der Waals surface area contributed by atoms with Crippen molar-refractivity contribution < 1.29 is 18.0 Å². The van der Waals surface area contributed by atoms with E-state index in [9.17, 15) is 18.0 Å². The molecule has 104 valence electrons. The molecule has 0 aliphatic rings. The molecule has 0 aliphatic carbocycles. The van der Waals surface area contributed by atoms with Crippen molar-refractivity contribution in [2.45, 2.75) is 13.1 Å². The summed E-state index contributed by atoms with van der Waals surface area (Å²) in [4.78, 5) is 12.2. The molecule has 0 heterocycles. The summed E-state index contributed by atoms with van der Waals surface area (Å²) >= 11 is 6.02. The molecule has 0 bridgehead atoms. The number of ketones is 1. The van der Waals surface area contributed by atoms with Gasteiger partial charge in [0.2, 0.25) is 0 Å². The van der Waals surface area contributed by atoms with Crippen molar-refractivity contribution in [3.8, 4) is 0 Å². The van der Waals surface area contributed by atoms with Crippen LogP contribution in [-0.2, 0) is 6.18 Å². The predicted octanol–water partition coefficient (Wildman–Crippen LogP) is 4.90. The first-order valence-electron chi connectivity index (χ1n) is 5.78. The summed E-state index contributed by atoms with van der Waals surface area (Å²) in [5, 5.41) is 0.259. The SMILES string of the molecule is Cc1cccc(C(=O)c2cccc(C(F)(F)F)c2)c1Cl. The molecule has 0 radical (unpaired) electrons. The average Bonchev–Trinajstić information content (AvgIpc) is 2.40. The molecule has 0 spiro atoms. The Hall–Kier alpha value is -1.81. The van der Waals surface area contributed by atoms with Crippen LogP contribution in [0.4, 0.5) is 13.2 Å². The van der Waals surface area contributed by atoms with Crippen LogP contribution in [0.15, 0.2) is 42.5 Å². The zero-order valence-electron chi connectivity index (χ0n) is 10.5. The van der Waals surface area contributed by atoms with Gasteiger partial charge in [-0.2, -0.15) is 13.2 Å². The Balaban J connectivity index is 2.47. The molecule has 2 aromatic carbocycles. The Kier molecular flexibility index (Phi) is 3.86. The van der Waals surface area contributed by atoms with Crippen molar-refractivity contribution in [3.63, 3.8) is 0 Å². The topological polar surface area (TPSA) is 17.1 Å². The normalized spacial score (nSPS) is 11.4. The first-order valence-corrected chi connectivity index (χ1v) is 6.15. The Morgan fingerprint density at radius 3 is 2.40 bits per heavy atom. The van der Waals surface area contributed by atoms with Gasteiger partial charge in [0.1, 0.15) is 0 Å². The molecule has 1 nitrogen and oxygen atoms in total. The van der Waals surface area contributed by atoms with E-state index in [1.807, 2.05) is 0 Å². The second-order valence-electron chi connectivity index (χ2n) is 4.34. The molecule has 0 amide bonds. The van der Waals surface area contributed by atoms with Gasteiger partial charge < -0.3 is 0 Å². The summed E-state index contributed by atoms with van der Waals surface area (Å²) < 4.78 is 37.9. The second kappa shape index (κ2) is 5.29. The number of rotatable bonds is 2. The van der Waals surface area contributed by atoms with Gasteiger partial charge in [0.25, 0.3) is 0 Å². The smallest absolute Gasteiger partial charge is 0.289 e. The van der Waals surface area contributed by atoms with Crippen LogP contribution in [0, 0.1) is 6.92 Å². The maximum Gasteiger partial charge on any atom is 0.416 e. The minimum atomic E-state index is -4.48. The number of halogens is 4. The zero-order valence-corrected chi connectivity index (χ0v) is 11.2. The fraction of sp³-hybridized carbons (Fsp3) is 0.133. The first kappa shape index (κ1) is 14.6. The fourth-order valence-corrected chi connectivity index (χ4v) is 2.03. The third kappa shape index (κ3) is 2.85. The van der Waals surface area contributed by atoms with Crippen molar-refractivity contribution in [3.05, 3.63) is 69.7 Å². The number of benzene rings is 2. The van der Waals surface area contributed by atoms with E-state index >= 15 is 0 Å². The number of aryl methyl sites for hydroxylation is 1. The van der Waals surface area contributed by atoms with Crippen molar-refractivity contribution in [2.24, 2.45) is 0 Å². The molecule has 0 saturated heterocycles. The van der Waals surface area contributed by atoms with E-state index in [1.165, 1.54) is 18.2 Å². The standard InChI is InChI=1S/C15H10ClF3O/c1-9-4-2-7-12(13(9)16)14(20)10-5-3-6-11(8-10)15(17,18)19/h2-8H,1H3. The average molecular weight is 299 g/mol. The molecule has 2 rings (SSSR count). The second-order valence-corrected chi connectivity index (χ2v) is 4.72. The van der Waals surface area contributed by atoms with E-state index in [0.717, 1.165) is 12.1 Å². The van der Waals surface area contributed by atoms with Gasteiger partial charge in [0, 0.05) is 11.1 Å². The number of hydrogen-bond acceptors (Lipinski definition) is 1. The van der Waals surface area contributed by atoms with Crippen LogP contribution >= 0.6 is 11.6 Å². The van der Waals surface area contributed by atoms with Crippen molar-refractivity contribution >= 4 is 17.4 Å². The van der Waals surface area contributed by atoms with E-state index in [0.29, 0.717) is 5.56 Å². The lowest BCUT2D eigenvalue weighted by molar-refractivity contribution is -0.137. The molecule has 0 N–H and O–H groups in total. The summed E-state index contributed by atoms with van der Waals surface area (Å²) in [5.74, 6) is -0.523. The Labute approximate surface area is 119 Å². The van der Waals surface area contributed by atoms with E-state index < -0.39 is 17.5 Å². The molecular weight excluding hydrogens is 289 g/mol. The van der Waals surface area contributed by atoms with Gasteiger partial charge in [-0.1, -0.05) is 35.9 Å². The molecule has 0 fully saturated rings. The quantitative estimate of drug-likeness (QED) is 0.721. The summed E-state index contributed by atoms with van der Waals surface area (Å²) in [6.45, 7) is 1.73. The Morgan fingerprint density at radius 1 is 1.10 bits per heavy atom. The predicted molar refractivity (Wildman–Crippen MR) is 71.1 cm³/mol. The molecule has 20 heavy (non-hydrogen) atoms. The summed E-state index contributed by atoms with van der Waals surface area (Å²) in [5.41, 5.74) is 0.00920. The van der Waals surface area contributed by atoms with Gasteiger partial charge in [0.15, 0.2) is 5.78 Å². The van der Waals surface area contributed by atoms with Gasteiger partial charge in [-0.15, -0.1) is 0 Å². The molecule has 0 aromatic heterocycles. The number of carbonyl (C=O) groups excluding carboxylic acids is 1. The molecule has 0 atom stereocenters. The number of carbonyl (C=O) groups is 1.